The molecule has 6 heteroatoms. The summed E-state index contributed by atoms with van der Waals surface area (Å²) in [7, 11) is 0. The normalized spacial score (nSPS) is 19.5. The van der Waals surface area contributed by atoms with E-state index in [9.17, 15) is 9.59 Å². The Morgan fingerprint density at radius 1 is 1.06 bits per heavy atom. The molecule has 0 unspecified atom stereocenters. The van der Waals surface area contributed by atoms with E-state index in [1.807, 2.05) is 47.4 Å². The number of anilines is 2. The molecule has 1 spiro atoms. The van der Waals surface area contributed by atoms with Gasteiger partial charge in [-0.25, -0.2) is 4.68 Å². The number of hydrogen-bond donors (Lipinski definition) is 1. The van der Waals surface area contributed by atoms with Crippen molar-refractivity contribution in [3.63, 3.8) is 0 Å². The zero-order chi connectivity index (χ0) is 21.8. The maximum Gasteiger partial charge on any atom is 0.242 e. The van der Waals surface area contributed by atoms with Crippen LogP contribution >= 0.6 is 0 Å². The van der Waals surface area contributed by atoms with E-state index in [2.05, 4.69) is 31.2 Å². The first-order valence-electron chi connectivity index (χ1n) is 10.8. The Morgan fingerprint density at radius 2 is 1.87 bits per heavy atom. The third-order valence-electron chi connectivity index (χ3n) is 6.65. The van der Waals surface area contributed by atoms with Crippen molar-refractivity contribution in [2.45, 2.75) is 45.4 Å². The molecule has 0 fully saturated rings. The van der Waals surface area contributed by atoms with Crippen LogP contribution in [0.3, 0.4) is 0 Å². The summed E-state index contributed by atoms with van der Waals surface area (Å²) in [4.78, 5) is 28.7. The summed E-state index contributed by atoms with van der Waals surface area (Å²) in [5.74, 6) is 0.386. The van der Waals surface area contributed by atoms with Crippen molar-refractivity contribution >= 4 is 23.3 Å². The first-order chi connectivity index (χ1) is 15.0. The molecule has 5 rings (SSSR count). The highest BCUT2D eigenvalue weighted by Crippen LogP contribution is 2.52. The lowest BCUT2D eigenvalue weighted by atomic mass is 9.72. The molecule has 2 amide bonds. The van der Waals surface area contributed by atoms with Crippen molar-refractivity contribution in [1.29, 1.82) is 0 Å². The van der Waals surface area contributed by atoms with Gasteiger partial charge in [0.05, 0.1) is 11.9 Å². The summed E-state index contributed by atoms with van der Waals surface area (Å²) in [6.45, 7) is 6.88. The van der Waals surface area contributed by atoms with Gasteiger partial charge in [0.15, 0.2) is 0 Å². The fourth-order valence-corrected chi connectivity index (χ4v) is 4.84. The van der Waals surface area contributed by atoms with Crippen LogP contribution in [0, 0.1) is 13.8 Å². The van der Waals surface area contributed by atoms with Crippen molar-refractivity contribution in [3.05, 3.63) is 70.9 Å². The van der Waals surface area contributed by atoms with Crippen LogP contribution in [0.2, 0.25) is 0 Å². The highest BCUT2D eigenvalue weighted by Gasteiger charge is 2.56. The summed E-state index contributed by atoms with van der Waals surface area (Å²) in [6, 6.07) is 13.9. The van der Waals surface area contributed by atoms with Gasteiger partial charge in [0.1, 0.15) is 11.2 Å². The van der Waals surface area contributed by atoms with Crippen LogP contribution in [0.5, 0.6) is 0 Å². The number of nitrogens with zero attached hydrogens (tertiary/aromatic N) is 3. The van der Waals surface area contributed by atoms with Gasteiger partial charge in [0.25, 0.3) is 0 Å². The molecule has 1 aromatic heterocycles. The molecule has 1 atom stereocenters. The van der Waals surface area contributed by atoms with Gasteiger partial charge in [-0.3, -0.25) is 9.59 Å². The van der Waals surface area contributed by atoms with E-state index in [4.69, 9.17) is 0 Å². The Kier molecular flexibility index (Phi) is 4.46. The zero-order valence-electron chi connectivity index (χ0n) is 18.1. The van der Waals surface area contributed by atoms with Crippen LogP contribution in [0.1, 0.15) is 48.4 Å². The van der Waals surface area contributed by atoms with E-state index < -0.39 is 5.41 Å². The van der Waals surface area contributed by atoms with Crippen molar-refractivity contribution in [2.24, 2.45) is 0 Å². The van der Waals surface area contributed by atoms with Gasteiger partial charge in [-0.2, -0.15) is 5.10 Å². The Balaban J connectivity index is 1.71. The largest absolute Gasteiger partial charge is 0.311 e. The van der Waals surface area contributed by atoms with E-state index >= 15 is 0 Å². The second-order valence-corrected chi connectivity index (χ2v) is 8.54. The fourth-order valence-electron chi connectivity index (χ4n) is 4.84. The number of aryl methyl sites for hydroxylation is 2. The van der Waals surface area contributed by atoms with Crippen LogP contribution in [-0.2, 0) is 15.0 Å². The van der Waals surface area contributed by atoms with Gasteiger partial charge >= 0.3 is 0 Å². The summed E-state index contributed by atoms with van der Waals surface area (Å²) < 4.78 is 1.74. The van der Waals surface area contributed by atoms with Crippen LogP contribution in [0.25, 0.3) is 5.69 Å². The second-order valence-electron chi connectivity index (χ2n) is 8.54. The molecule has 3 heterocycles. The Hall–Kier alpha value is -3.41. The lowest BCUT2D eigenvalue weighted by Gasteiger charge is -2.32. The lowest BCUT2D eigenvalue weighted by molar-refractivity contribution is -0.126. The Bertz CT molecular complexity index is 1210. The topological polar surface area (TPSA) is 67.2 Å². The lowest BCUT2D eigenvalue weighted by Crippen LogP contribution is -2.46. The predicted octanol–water partition coefficient (Wildman–Crippen LogP) is 4.26. The maximum atomic E-state index is 13.9. The molecule has 6 nitrogen and oxygen atoms in total. The monoisotopic (exact) mass is 414 g/mol. The number of benzene rings is 2. The molecule has 0 radical (unpaired) electrons. The average molecular weight is 415 g/mol. The quantitative estimate of drug-likeness (QED) is 0.693. The number of hydrogen-bond acceptors (Lipinski definition) is 3. The molecule has 2 aliphatic heterocycles. The molecular formula is C25H26N4O2. The van der Waals surface area contributed by atoms with Gasteiger partial charge in [-0.05, 0) is 55.2 Å². The van der Waals surface area contributed by atoms with Crippen molar-refractivity contribution in [1.82, 2.24) is 9.78 Å². The van der Waals surface area contributed by atoms with Gasteiger partial charge in [-0.15, -0.1) is 0 Å². The predicted molar refractivity (Wildman–Crippen MR) is 121 cm³/mol. The number of nitrogens with one attached hydrogen (secondary N) is 1. The van der Waals surface area contributed by atoms with Gasteiger partial charge < -0.3 is 10.2 Å². The zero-order valence-corrected chi connectivity index (χ0v) is 18.1. The number of rotatable bonds is 4. The number of carbonyl (C=O) groups is 2. The number of amides is 2. The summed E-state index contributed by atoms with van der Waals surface area (Å²) in [5, 5.41) is 7.61. The molecule has 0 saturated heterocycles. The average Bonchev–Trinajstić information content (AvgIpc) is 3.28. The highest BCUT2D eigenvalue weighted by atomic mass is 16.2. The van der Waals surface area contributed by atoms with E-state index in [-0.39, 0.29) is 18.2 Å². The van der Waals surface area contributed by atoms with Crippen molar-refractivity contribution in [2.75, 3.05) is 16.8 Å². The summed E-state index contributed by atoms with van der Waals surface area (Å²) in [5.41, 5.74) is 4.74. The molecule has 0 bridgehead atoms. The highest BCUT2D eigenvalue weighted by molar-refractivity contribution is 6.15. The molecule has 2 aliphatic rings. The SMILES string of the molecule is CCCCN1C(=O)[C@]2(CC(=O)Nc3c2cnn3-c2ccc(C)c(C)c2)c2ccccc21. The van der Waals surface area contributed by atoms with Gasteiger partial charge in [0.2, 0.25) is 11.8 Å². The molecule has 158 valence electrons. The summed E-state index contributed by atoms with van der Waals surface area (Å²) >= 11 is 0. The minimum absolute atomic E-state index is 0.0297. The van der Waals surface area contributed by atoms with E-state index in [0.717, 1.165) is 40.9 Å². The van der Waals surface area contributed by atoms with E-state index in [0.29, 0.717) is 12.4 Å². The minimum Gasteiger partial charge on any atom is -0.311 e. The molecular weight excluding hydrogens is 388 g/mol. The molecule has 2 aromatic carbocycles. The molecule has 1 N–H and O–H groups in total. The van der Waals surface area contributed by atoms with Gasteiger partial charge in [0, 0.05) is 24.2 Å². The standard InChI is InChI=1S/C25H26N4O2/c1-4-5-12-28-21-9-7-6-8-19(21)25(24(28)31)14-22(30)27-23-20(25)15-26-29(23)18-11-10-16(2)17(3)13-18/h6-11,13,15H,4-5,12,14H2,1-3H3,(H,27,30)/t25-/m1/s1. The third kappa shape index (κ3) is 2.74. The van der Waals surface area contributed by atoms with Crippen molar-refractivity contribution in [3.8, 4) is 5.69 Å². The maximum absolute atomic E-state index is 13.9. The number of aromatic nitrogens is 2. The first kappa shape index (κ1) is 19.5. The molecule has 31 heavy (non-hydrogen) atoms. The number of fused-ring (bicyclic) bond motifs is 4. The second kappa shape index (κ2) is 7.08. The fraction of sp³-hybridized carbons (Fsp3) is 0.320. The molecule has 0 aliphatic carbocycles. The first-order valence-corrected chi connectivity index (χ1v) is 10.8. The van der Waals surface area contributed by atoms with Crippen LogP contribution in [0.15, 0.2) is 48.7 Å². The summed E-state index contributed by atoms with van der Waals surface area (Å²) in [6.07, 6.45) is 3.76. The number of unbranched alkanes of at least 4 members (excludes halogenated alkanes) is 1. The van der Waals surface area contributed by atoms with E-state index in [1.165, 1.54) is 5.56 Å². The van der Waals surface area contributed by atoms with Gasteiger partial charge in [-0.1, -0.05) is 37.6 Å². The molecule has 3 aromatic rings. The van der Waals surface area contributed by atoms with Crippen LogP contribution in [-0.4, -0.2) is 28.1 Å². The van der Waals surface area contributed by atoms with Crippen LogP contribution < -0.4 is 10.2 Å². The number of carbonyl (C=O) groups excluding carboxylic acids is 2. The number of para-hydroxylation sites is 1. The van der Waals surface area contributed by atoms with Crippen molar-refractivity contribution < 1.29 is 9.59 Å². The third-order valence-corrected chi connectivity index (χ3v) is 6.65. The minimum atomic E-state index is -1.03. The Labute approximate surface area is 181 Å². The Morgan fingerprint density at radius 3 is 2.65 bits per heavy atom. The van der Waals surface area contributed by atoms with Crippen LogP contribution in [0.4, 0.5) is 11.5 Å². The molecule has 0 saturated carbocycles. The van der Waals surface area contributed by atoms with E-state index in [1.54, 1.807) is 10.9 Å². The smallest absolute Gasteiger partial charge is 0.242 e.